The lowest BCUT2D eigenvalue weighted by molar-refractivity contribution is 0.376. The van der Waals surface area contributed by atoms with Crippen LogP contribution in [0.1, 0.15) is 37.1 Å². The molecule has 100 valence electrons. The van der Waals surface area contributed by atoms with E-state index in [0.29, 0.717) is 0 Å². The van der Waals surface area contributed by atoms with Crippen molar-refractivity contribution < 1.29 is 0 Å². The predicted molar refractivity (Wildman–Crippen MR) is 76.3 cm³/mol. The highest BCUT2D eigenvalue weighted by molar-refractivity contribution is 9.10. The van der Waals surface area contributed by atoms with Gasteiger partial charge in [-0.15, -0.1) is 0 Å². The van der Waals surface area contributed by atoms with Crippen molar-refractivity contribution in [1.82, 2.24) is 15.1 Å². The second-order valence-electron chi connectivity index (χ2n) is 5.94. The number of nitrogens with one attached hydrogen (secondary N) is 1. The van der Waals surface area contributed by atoms with Crippen LogP contribution in [0.4, 0.5) is 0 Å². The van der Waals surface area contributed by atoms with Crippen molar-refractivity contribution in [2.24, 2.45) is 24.8 Å². The summed E-state index contributed by atoms with van der Waals surface area (Å²) in [6.07, 6.45) is 5.88. The molecular weight excluding hydrogens is 290 g/mol. The van der Waals surface area contributed by atoms with Crippen molar-refractivity contribution in [3.05, 3.63) is 15.9 Å². The van der Waals surface area contributed by atoms with Crippen molar-refractivity contribution in [3.8, 4) is 0 Å². The van der Waals surface area contributed by atoms with E-state index in [1.807, 2.05) is 18.7 Å². The van der Waals surface area contributed by atoms with E-state index >= 15 is 0 Å². The second kappa shape index (κ2) is 4.97. The van der Waals surface area contributed by atoms with Gasteiger partial charge in [0, 0.05) is 13.6 Å². The number of aryl methyl sites for hydroxylation is 2. The Balaban J connectivity index is 1.54. The molecule has 1 aromatic rings. The highest BCUT2D eigenvalue weighted by Crippen LogP contribution is 2.48. The van der Waals surface area contributed by atoms with Crippen LogP contribution in [0.5, 0.6) is 0 Å². The van der Waals surface area contributed by atoms with Gasteiger partial charge in [0.1, 0.15) is 0 Å². The van der Waals surface area contributed by atoms with Gasteiger partial charge in [0.25, 0.3) is 0 Å². The first-order valence-electron chi connectivity index (χ1n) is 7.05. The standard InChI is InChI=1S/C14H22BrN3/c1-9-14(15)13(18(2)17-9)8-16-7-12(10-3-4-10)11-5-6-11/h10-12,16H,3-8H2,1-2H3. The number of nitrogens with zero attached hydrogens (tertiary/aromatic N) is 2. The quantitative estimate of drug-likeness (QED) is 0.875. The maximum absolute atomic E-state index is 4.43. The monoisotopic (exact) mass is 311 g/mol. The Bertz CT molecular complexity index is 420. The lowest BCUT2D eigenvalue weighted by atomic mass is 9.98. The molecular formula is C14H22BrN3. The largest absolute Gasteiger partial charge is 0.311 e. The van der Waals surface area contributed by atoms with Gasteiger partial charge < -0.3 is 5.32 Å². The minimum atomic E-state index is 0.924. The fraction of sp³-hybridized carbons (Fsp3) is 0.786. The van der Waals surface area contributed by atoms with Crippen molar-refractivity contribution in [1.29, 1.82) is 0 Å². The highest BCUT2D eigenvalue weighted by Gasteiger charge is 2.40. The van der Waals surface area contributed by atoms with Crippen LogP contribution in [-0.4, -0.2) is 16.3 Å². The molecule has 0 bridgehead atoms. The summed E-state index contributed by atoms with van der Waals surface area (Å²) in [4.78, 5) is 0. The molecule has 0 unspecified atom stereocenters. The molecule has 4 heteroatoms. The molecule has 0 amide bonds. The van der Waals surface area contributed by atoms with Crippen molar-refractivity contribution >= 4 is 15.9 Å². The van der Waals surface area contributed by atoms with Crippen molar-refractivity contribution in [2.45, 2.75) is 39.2 Å². The molecule has 1 N–H and O–H groups in total. The summed E-state index contributed by atoms with van der Waals surface area (Å²) < 4.78 is 3.14. The SMILES string of the molecule is Cc1nn(C)c(CNCC(C2CC2)C2CC2)c1Br. The van der Waals surface area contributed by atoms with E-state index in [-0.39, 0.29) is 0 Å². The minimum Gasteiger partial charge on any atom is -0.311 e. The van der Waals surface area contributed by atoms with E-state index in [1.54, 1.807) is 0 Å². The first-order chi connectivity index (χ1) is 8.66. The molecule has 0 aromatic carbocycles. The molecule has 0 aliphatic heterocycles. The number of aromatic nitrogens is 2. The van der Waals surface area contributed by atoms with E-state index < -0.39 is 0 Å². The number of rotatable bonds is 6. The summed E-state index contributed by atoms with van der Waals surface area (Å²) in [6, 6.07) is 0. The average Bonchev–Trinajstić information content (AvgIpc) is 3.21. The zero-order chi connectivity index (χ0) is 12.7. The maximum atomic E-state index is 4.43. The van der Waals surface area contributed by atoms with Gasteiger partial charge in [0.05, 0.1) is 15.9 Å². The maximum Gasteiger partial charge on any atom is 0.0739 e. The third kappa shape index (κ3) is 2.64. The third-order valence-electron chi connectivity index (χ3n) is 4.39. The summed E-state index contributed by atoms with van der Waals surface area (Å²) in [5.74, 6) is 3.00. The topological polar surface area (TPSA) is 29.9 Å². The number of halogens is 1. The fourth-order valence-electron chi connectivity index (χ4n) is 3.00. The smallest absolute Gasteiger partial charge is 0.0739 e. The van der Waals surface area contributed by atoms with Crippen LogP contribution < -0.4 is 5.32 Å². The molecule has 0 spiro atoms. The van der Waals surface area contributed by atoms with Crippen LogP contribution in [0.15, 0.2) is 4.47 Å². The molecule has 1 heterocycles. The predicted octanol–water partition coefficient (Wildman–Crippen LogP) is 3.02. The fourth-order valence-corrected chi connectivity index (χ4v) is 3.47. The zero-order valence-corrected chi connectivity index (χ0v) is 12.8. The van der Waals surface area contributed by atoms with Crippen LogP contribution in [0, 0.1) is 24.7 Å². The molecule has 3 nitrogen and oxygen atoms in total. The summed E-state index contributed by atoms with van der Waals surface area (Å²) in [6.45, 7) is 4.16. The molecule has 2 saturated carbocycles. The molecule has 2 fully saturated rings. The van der Waals surface area contributed by atoms with Crippen LogP contribution in [0.2, 0.25) is 0 Å². The normalized spacial score (nSPS) is 19.8. The Morgan fingerprint density at radius 1 is 1.33 bits per heavy atom. The molecule has 0 atom stereocenters. The number of hydrogen-bond donors (Lipinski definition) is 1. The van der Waals surface area contributed by atoms with E-state index in [2.05, 4.69) is 26.3 Å². The van der Waals surface area contributed by atoms with Gasteiger partial charge in [0.2, 0.25) is 0 Å². The third-order valence-corrected chi connectivity index (χ3v) is 5.42. The summed E-state index contributed by atoms with van der Waals surface area (Å²) in [5, 5.41) is 8.08. The zero-order valence-electron chi connectivity index (χ0n) is 11.2. The molecule has 0 saturated heterocycles. The van der Waals surface area contributed by atoms with Crippen LogP contribution in [0.3, 0.4) is 0 Å². The molecule has 2 aliphatic rings. The van der Waals surface area contributed by atoms with E-state index in [0.717, 1.165) is 34.5 Å². The Labute approximate surface area is 117 Å². The molecule has 1 aromatic heterocycles. The van der Waals surface area contributed by atoms with Crippen molar-refractivity contribution in [3.63, 3.8) is 0 Å². The summed E-state index contributed by atoms with van der Waals surface area (Å²) >= 11 is 3.63. The lowest BCUT2D eigenvalue weighted by Crippen LogP contribution is -2.26. The molecule has 0 radical (unpaired) electrons. The Hall–Kier alpha value is -0.350. The summed E-state index contributed by atoms with van der Waals surface area (Å²) in [7, 11) is 2.02. The molecule has 3 rings (SSSR count). The van der Waals surface area contributed by atoms with Crippen molar-refractivity contribution in [2.75, 3.05) is 6.54 Å². The summed E-state index contributed by atoms with van der Waals surface area (Å²) in [5.41, 5.74) is 2.34. The van der Waals surface area contributed by atoms with Gasteiger partial charge >= 0.3 is 0 Å². The Morgan fingerprint density at radius 3 is 2.39 bits per heavy atom. The van der Waals surface area contributed by atoms with Crippen LogP contribution in [-0.2, 0) is 13.6 Å². The van der Waals surface area contributed by atoms with Gasteiger partial charge in [-0.2, -0.15) is 5.10 Å². The Morgan fingerprint density at radius 2 is 1.94 bits per heavy atom. The second-order valence-corrected chi connectivity index (χ2v) is 6.73. The number of hydrogen-bond acceptors (Lipinski definition) is 2. The first kappa shape index (κ1) is 12.7. The van der Waals surface area contributed by atoms with E-state index in [4.69, 9.17) is 0 Å². The van der Waals surface area contributed by atoms with E-state index in [9.17, 15) is 0 Å². The minimum absolute atomic E-state index is 0.924. The average molecular weight is 312 g/mol. The first-order valence-corrected chi connectivity index (χ1v) is 7.84. The van der Waals surface area contributed by atoms with E-state index in [1.165, 1.54) is 37.9 Å². The van der Waals surface area contributed by atoms with Crippen LogP contribution >= 0.6 is 15.9 Å². The van der Waals surface area contributed by atoms with Gasteiger partial charge in [-0.1, -0.05) is 0 Å². The van der Waals surface area contributed by atoms with Gasteiger partial charge in [0.15, 0.2) is 0 Å². The lowest BCUT2D eigenvalue weighted by Gasteiger charge is -2.16. The van der Waals surface area contributed by atoms with Gasteiger partial charge in [-0.05, 0) is 72.8 Å². The molecule has 18 heavy (non-hydrogen) atoms. The Kier molecular flexibility index (Phi) is 3.50. The van der Waals surface area contributed by atoms with Gasteiger partial charge in [-0.3, -0.25) is 4.68 Å². The van der Waals surface area contributed by atoms with Gasteiger partial charge in [-0.25, -0.2) is 0 Å². The molecule has 2 aliphatic carbocycles. The highest BCUT2D eigenvalue weighted by atomic mass is 79.9. The van der Waals surface area contributed by atoms with Crippen LogP contribution in [0.25, 0.3) is 0 Å².